The van der Waals surface area contributed by atoms with E-state index in [2.05, 4.69) is 5.32 Å². The molecule has 0 aliphatic carbocycles. The number of benzene rings is 2. The lowest BCUT2D eigenvalue weighted by atomic mass is 10.1. The summed E-state index contributed by atoms with van der Waals surface area (Å²) in [5.41, 5.74) is 0.362. The van der Waals surface area contributed by atoms with E-state index in [-0.39, 0.29) is 23.5 Å². The molecule has 2 amide bonds. The molecule has 0 spiro atoms. The minimum atomic E-state index is -3.91. The molecule has 1 N–H and O–H groups in total. The van der Waals surface area contributed by atoms with E-state index in [1.807, 2.05) is 0 Å². The second-order valence-corrected chi connectivity index (χ2v) is 9.12. The summed E-state index contributed by atoms with van der Waals surface area (Å²) in [7, 11) is 0.347. The number of nitrogens with one attached hydrogen (secondary N) is 1. The number of halogens is 1. The van der Waals surface area contributed by atoms with Gasteiger partial charge in [0.05, 0.1) is 26.2 Å². The van der Waals surface area contributed by atoms with Crippen LogP contribution in [0.5, 0.6) is 11.5 Å². The van der Waals surface area contributed by atoms with Gasteiger partial charge in [0, 0.05) is 25.2 Å². The Kier molecular flexibility index (Phi) is 8.63. The van der Waals surface area contributed by atoms with Gasteiger partial charge in [-0.2, -0.15) is 0 Å². The predicted octanol–water partition coefficient (Wildman–Crippen LogP) is 1.77. The Morgan fingerprint density at radius 1 is 1.09 bits per heavy atom. The molecule has 2 aromatic carbocycles. The van der Waals surface area contributed by atoms with Crippen LogP contribution in [0.1, 0.15) is 12.5 Å². The first-order valence-corrected chi connectivity index (χ1v) is 11.8. The number of anilines is 1. The molecular weight excluding hydrogens is 453 g/mol. The van der Waals surface area contributed by atoms with Gasteiger partial charge in [-0.3, -0.25) is 13.9 Å². The Morgan fingerprint density at radius 3 is 2.27 bits per heavy atom. The number of hydrogen-bond acceptors (Lipinski definition) is 6. The van der Waals surface area contributed by atoms with E-state index in [4.69, 9.17) is 9.47 Å². The fourth-order valence-corrected chi connectivity index (χ4v) is 4.04. The fraction of sp³-hybridized carbons (Fsp3) is 0.364. The maximum atomic E-state index is 14.3. The fourth-order valence-electron chi connectivity index (χ4n) is 3.20. The number of amides is 2. The molecule has 0 unspecified atom stereocenters. The van der Waals surface area contributed by atoms with Crippen LogP contribution in [0.4, 0.5) is 10.1 Å². The van der Waals surface area contributed by atoms with Crippen molar-refractivity contribution in [2.24, 2.45) is 0 Å². The number of carbonyl (C=O) groups is 2. The number of carbonyl (C=O) groups excluding carboxylic acids is 2. The molecule has 0 radical (unpaired) electrons. The third-order valence-corrected chi connectivity index (χ3v) is 6.19. The van der Waals surface area contributed by atoms with E-state index in [1.54, 1.807) is 6.07 Å². The molecular formula is C22H28FN3O6S. The second-order valence-electron chi connectivity index (χ2n) is 7.21. The number of sulfonamides is 1. The van der Waals surface area contributed by atoms with Crippen molar-refractivity contribution in [1.29, 1.82) is 0 Å². The van der Waals surface area contributed by atoms with Crippen LogP contribution in [-0.4, -0.2) is 65.2 Å². The maximum absolute atomic E-state index is 14.3. The Balaban J connectivity index is 2.44. The summed E-state index contributed by atoms with van der Waals surface area (Å²) in [6.45, 7) is 0.659. The first kappa shape index (κ1) is 25.9. The summed E-state index contributed by atoms with van der Waals surface area (Å²) < 4.78 is 50.7. The predicted molar refractivity (Wildman–Crippen MR) is 122 cm³/mol. The molecule has 1 atom stereocenters. The molecule has 0 aliphatic heterocycles. The highest BCUT2D eigenvalue weighted by atomic mass is 32.2. The zero-order valence-corrected chi connectivity index (χ0v) is 20.0. The maximum Gasteiger partial charge on any atom is 0.244 e. The normalized spacial score (nSPS) is 11.9. The van der Waals surface area contributed by atoms with Crippen molar-refractivity contribution in [1.82, 2.24) is 10.2 Å². The van der Waals surface area contributed by atoms with Gasteiger partial charge in [-0.25, -0.2) is 12.8 Å². The van der Waals surface area contributed by atoms with E-state index in [0.717, 1.165) is 15.5 Å². The summed E-state index contributed by atoms with van der Waals surface area (Å²) in [5.74, 6) is -1.04. The number of likely N-dealkylation sites (N-methyl/N-ethyl adjacent to an activating group) is 1. The summed E-state index contributed by atoms with van der Waals surface area (Å²) in [5, 5.41) is 2.45. The molecule has 0 fully saturated rings. The number of methoxy groups -OCH3 is 2. The number of rotatable bonds is 10. The van der Waals surface area contributed by atoms with Gasteiger partial charge in [0.25, 0.3) is 0 Å². The van der Waals surface area contributed by atoms with Crippen molar-refractivity contribution in [3.8, 4) is 11.5 Å². The van der Waals surface area contributed by atoms with Gasteiger partial charge in [0.15, 0.2) is 11.5 Å². The van der Waals surface area contributed by atoms with Gasteiger partial charge in [-0.1, -0.05) is 18.2 Å². The Hall–Kier alpha value is -3.34. The number of nitrogens with zero attached hydrogens (tertiary/aromatic N) is 2. The van der Waals surface area contributed by atoms with Crippen LogP contribution < -0.4 is 19.1 Å². The highest BCUT2D eigenvalue weighted by Crippen LogP contribution is 2.32. The van der Waals surface area contributed by atoms with E-state index in [0.29, 0.717) is 5.75 Å². The van der Waals surface area contributed by atoms with Crippen LogP contribution in [0.3, 0.4) is 0 Å². The molecule has 180 valence electrons. The minimum absolute atomic E-state index is 0.168. The smallest absolute Gasteiger partial charge is 0.244 e. The molecule has 0 saturated carbocycles. The average molecular weight is 482 g/mol. The molecule has 2 aromatic rings. The summed E-state index contributed by atoms with van der Waals surface area (Å²) >= 11 is 0. The van der Waals surface area contributed by atoms with Gasteiger partial charge in [-0.15, -0.1) is 0 Å². The minimum Gasteiger partial charge on any atom is -0.493 e. The lowest BCUT2D eigenvalue weighted by Crippen LogP contribution is -2.50. The van der Waals surface area contributed by atoms with Gasteiger partial charge in [0.1, 0.15) is 18.4 Å². The first-order valence-electron chi connectivity index (χ1n) is 9.97. The van der Waals surface area contributed by atoms with Crippen LogP contribution in [0.15, 0.2) is 42.5 Å². The first-order chi connectivity index (χ1) is 15.5. The van der Waals surface area contributed by atoms with Crippen LogP contribution in [0.25, 0.3) is 0 Å². The van der Waals surface area contributed by atoms with Gasteiger partial charge < -0.3 is 19.7 Å². The van der Waals surface area contributed by atoms with E-state index < -0.39 is 40.2 Å². The van der Waals surface area contributed by atoms with Crippen LogP contribution in [-0.2, 0) is 26.2 Å². The zero-order chi connectivity index (χ0) is 24.8. The van der Waals surface area contributed by atoms with Crippen molar-refractivity contribution in [3.05, 3.63) is 53.8 Å². The third kappa shape index (κ3) is 6.35. The highest BCUT2D eigenvalue weighted by Gasteiger charge is 2.30. The van der Waals surface area contributed by atoms with Gasteiger partial charge in [-0.05, 0) is 25.1 Å². The zero-order valence-electron chi connectivity index (χ0n) is 19.2. The Morgan fingerprint density at radius 2 is 1.73 bits per heavy atom. The lowest BCUT2D eigenvalue weighted by molar-refractivity contribution is -0.139. The standard InChI is InChI=1S/C22H28FN3O6S/c1-15(22(28)24-2)25(13-16-8-6-7-9-18(16)23)21(27)14-26(33(5,29)30)17-10-11-19(31-3)20(12-17)32-4/h6-12,15H,13-14H2,1-5H3,(H,24,28)/t15-/m0/s1. The summed E-state index contributed by atoms with van der Waals surface area (Å²) in [4.78, 5) is 26.7. The van der Waals surface area contributed by atoms with Crippen LogP contribution in [0.2, 0.25) is 0 Å². The molecule has 33 heavy (non-hydrogen) atoms. The molecule has 0 heterocycles. The molecule has 2 rings (SSSR count). The Bertz CT molecular complexity index is 1110. The quantitative estimate of drug-likeness (QED) is 0.555. The largest absolute Gasteiger partial charge is 0.493 e. The van der Waals surface area contributed by atoms with Gasteiger partial charge in [0.2, 0.25) is 21.8 Å². The van der Waals surface area contributed by atoms with Crippen molar-refractivity contribution in [3.63, 3.8) is 0 Å². The monoisotopic (exact) mass is 481 g/mol. The highest BCUT2D eigenvalue weighted by molar-refractivity contribution is 7.92. The van der Waals surface area contributed by atoms with Crippen LogP contribution >= 0.6 is 0 Å². The lowest BCUT2D eigenvalue weighted by Gasteiger charge is -2.31. The molecule has 0 aliphatic rings. The number of hydrogen-bond donors (Lipinski definition) is 1. The second kappa shape index (κ2) is 11.0. The van der Waals surface area contributed by atoms with E-state index >= 15 is 0 Å². The molecule has 0 aromatic heterocycles. The molecule has 9 nitrogen and oxygen atoms in total. The third-order valence-electron chi connectivity index (χ3n) is 5.05. The SMILES string of the molecule is CNC(=O)[C@H](C)N(Cc1ccccc1F)C(=O)CN(c1ccc(OC)c(OC)c1)S(C)(=O)=O. The van der Waals surface area contributed by atoms with Crippen molar-refractivity contribution >= 4 is 27.5 Å². The molecule has 11 heteroatoms. The summed E-state index contributed by atoms with van der Waals surface area (Å²) in [6, 6.07) is 9.29. The van der Waals surface area contributed by atoms with Crippen molar-refractivity contribution in [2.45, 2.75) is 19.5 Å². The van der Waals surface area contributed by atoms with Gasteiger partial charge >= 0.3 is 0 Å². The molecule has 0 bridgehead atoms. The number of ether oxygens (including phenoxy) is 2. The van der Waals surface area contributed by atoms with E-state index in [9.17, 15) is 22.4 Å². The van der Waals surface area contributed by atoms with E-state index in [1.165, 1.54) is 64.6 Å². The van der Waals surface area contributed by atoms with Crippen molar-refractivity contribution < 1.29 is 31.9 Å². The Labute approximate surface area is 193 Å². The van der Waals surface area contributed by atoms with Crippen molar-refractivity contribution in [2.75, 3.05) is 38.4 Å². The summed E-state index contributed by atoms with van der Waals surface area (Å²) in [6.07, 6.45) is 0.959. The average Bonchev–Trinajstić information content (AvgIpc) is 2.79. The molecule has 0 saturated heterocycles. The van der Waals surface area contributed by atoms with Crippen LogP contribution in [0, 0.1) is 5.82 Å². The topological polar surface area (TPSA) is 105 Å².